The minimum Gasteiger partial charge on any atom is -0.468 e. The normalized spacial score (nSPS) is 11.1. The average molecular weight is 412 g/mol. The lowest BCUT2D eigenvalue weighted by atomic mass is 10.2. The van der Waals surface area contributed by atoms with Gasteiger partial charge in [-0.3, -0.25) is 4.79 Å². The molecule has 0 spiro atoms. The standard InChI is InChI=1S/C20H20N4O4S/c21-11-2-13-24(14-3-12-22)20(25)10-7-17-5-8-19(9-6-17)29(26,27)23-16-18-4-1-15-28-18/h1,4-10,15,23H,2-3,13-14,16H2/b10-7+. The Morgan fingerprint density at radius 2 is 1.76 bits per heavy atom. The van der Waals surface area contributed by atoms with E-state index in [4.69, 9.17) is 14.9 Å². The fourth-order valence-electron chi connectivity index (χ4n) is 2.40. The molecule has 1 aromatic heterocycles. The van der Waals surface area contributed by atoms with Crippen LogP contribution in [0.3, 0.4) is 0 Å². The minimum atomic E-state index is -3.69. The zero-order chi connectivity index (χ0) is 21.1. The van der Waals surface area contributed by atoms with E-state index in [1.165, 1.54) is 29.4 Å². The van der Waals surface area contributed by atoms with Crippen molar-refractivity contribution < 1.29 is 17.6 Å². The smallest absolute Gasteiger partial charge is 0.246 e. The van der Waals surface area contributed by atoms with Crippen LogP contribution in [0.4, 0.5) is 0 Å². The Morgan fingerprint density at radius 1 is 1.10 bits per heavy atom. The molecule has 1 aromatic carbocycles. The van der Waals surface area contributed by atoms with Gasteiger partial charge in [-0.2, -0.15) is 10.5 Å². The van der Waals surface area contributed by atoms with Crippen LogP contribution in [0.1, 0.15) is 24.2 Å². The number of sulfonamides is 1. The van der Waals surface area contributed by atoms with Gasteiger partial charge < -0.3 is 9.32 Å². The Bertz CT molecular complexity index is 996. The van der Waals surface area contributed by atoms with Crippen molar-refractivity contribution in [3.63, 3.8) is 0 Å². The number of furan rings is 1. The van der Waals surface area contributed by atoms with Crippen molar-refractivity contribution in [2.75, 3.05) is 13.1 Å². The van der Waals surface area contributed by atoms with Crippen molar-refractivity contribution in [1.82, 2.24) is 9.62 Å². The highest BCUT2D eigenvalue weighted by atomic mass is 32.2. The summed E-state index contributed by atoms with van der Waals surface area (Å²) in [6.45, 7) is 0.548. The molecule has 2 rings (SSSR count). The van der Waals surface area contributed by atoms with Crippen LogP contribution in [0.15, 0.2) is 58.1 Å². The maximum absolute atomic E-state index is 12.3. The van der Waals surface area contributed by atoms with E-state index in [1.807, 2.05) is 12.1 Å². The summed E-state index contributed by atoms with van der Waals surface area (Å²) in [5.74, 6) is 0.191. The van der Waals surface area contributed by atoms with E-state index in [0.29, 0.717) is 11.3 Å². The van der Waals surface area contributed by atoms with Crippen molar-refractivity contribution in [1.29, 1.82) is 10.5 Å². The van der Waals surface area contributed by atoms with Gasteiger partial charge in [0.25, 0.3) is 0 Å². The fourth-order valence-corrected chi connectivity index (χ4v) is 3.39. The number of nitriles is 2. The molecule has 2 aromatic rings. The minimum absolute atomic E-state index is 0.0483. The molecule has 0 aliphatic carbocycles. The van der Waals surface area contributed by atoms with E-state index in [9.17, 15) is 13.2 Å². The largest absolute Gasteiger partial charge is 0.468 e. The number of hydrogen-bond donors (Lipinski definition) is 1. The number of nitrogens with zero attached hydrogens (tertiary/aromatic N) is 3. The van der Waals surface area contributed by atoms with Crippen LogP contribution in [0.2, 0.25) is 0 Å². The highest BCUT2D eigenvalue weighted by Crippen LogP contribution is 2.13. The maximum atomic E-state index is 12.3. The Morgan fingerprint density at radius 3 is 2.31 bits per heavy atom. The van der Waals surface area contributed by atoms with Gasteiger partial charge in [0.2, 0.25) is 15.9 Å². The number of rotatable bonds is 10. The number of carbonyl (C=O) groups excluding carboxylic acids is 1. The van der Waals surface area contributed by atoms with Gasteiger partial charge in [-0.1, -0.05) is 12.1 Å². The third-order valence-electron chi connectivity index (χ3n) is 3.92. The number of benzene rings is 1. The number of amides is 1. The van der Waals surface area contributed by atoms with Crippen molar-refractivity contribution in [2.45, 2.75) is 24.3 Å². The molecule has 0 bridgehead atoms. The van der Waals surface area contributed by atoms with Gasteiger partial charge in [0, 0.05) is 19.2 Å². The van der Waals surface area contributed by atoms with E-state index < -0.39 is 10.0 Å². The Kier molecular flexibility index (Phi) is 8.16. The summed E-state index contributed by atoms with van der Waals surface area (Å²) in [4.78, 5) is 13.8. The first-order valence-corrected chi connectivity index (χ1v) is 10.3. The van der Waals surface area contributed by atoms with Crippen molar-refractivity contribution in [3.8, 4) is 12.1 Å². The Labute approximate surface area is 169 Å². The van der Waals surface area contributed by atoms with Gasteiger partial charge in [0.1, 0.15) is 5.76 Å². The summed E-state index contributed by atoms with van der Waals surface area (Å²) < 4.78 is 32.2. The molecule has 0 atom stereocenters. The second kappa shape index (κ2) is 10.8. The summed E-state index contributed by atoms with van der Waals surface area (Å²) in [5, 5.41) is 17.4. The quantitative estimate of drug-likeness (QED) is 0.597. The topological polar surface area (TPSA) is 127 Å². The second-order valence-corrected chi connectivity index (χ2v) is 7.71. The van der Waals surface area contributed by atoms with Crippen LogP contribution in [0.25, 0.3) is 6.08 Å². The number of hydrogen-bond acceptors (Lipinski definition) is 6. The van der Waals surface area contributed by atoms with Crippen molar-refractivity contribution in [2.24, 2.45) is 0 Å². The summed E-state index contributed by atoms with van der Waals surface area (Å²) in [6, 6.07) is 13.3. The van der Waals surface area contributed by atoms with Gasteiger partial charge in [0.05, 0.1) is 42.7 Å². The van der Waals surface area contributed by atoms with Crippen LogP contribution in [0.5, 0.6) is 0 Å². The molecule has 0 fully saturated rings. The molecular weight excluding hydrogens is 392 g/mol. The molecule has 1 heterocycles. The van der Waals surface area contributed by atoms with E-state index in [1.54, 1.807) is 30.3 Å². The summed E-state index contributed by atoms with van der Waals surface area (Å²) >= 11 is 0. The van der Waals surface area contributed by atoms with Crippen LogP contribution in [-0.2, 0) is 21.4 Å². The predicted molar refractivity (Wildman–Crippen MR) is 105 cm³/mol. The van der Waals surface area contributed by atoms with Crippen LogP contribution < -0.4 is 4.72 Å². The highest BCUT2D eigenvalue weighted by molar-refractivity contribution is 7.89. The van der Waals surface area contributed by atoms with E-state index in [2.05, 4.69) is 4.72 Å². The van der Waals surface area contributed by atoms with Gasteiger partial charge in [-0.15, -0.1) is 0 Å². The van der Waals surface area contributed by atoms with Crippen LogP contribution >= 0.6 is 0 Å². The third-order valence-corrected chi connectivity index (χ3v) is 5.34. The molecule has 1 N–H and O–H groups in total. The average Bonchev–Trinajstić information content (AvgIpc) is 3.25. The molecule has 1 amide bonds. The molecule has 0 aliphatic heterocycles. The highest BCUT2D eigenvalue weighted by Gasteiger charge is 2.14. The van der Waals surface area contributed by atoms with Gasteiger partial charge in [0.15, 0.2) is 0 Å². The predicted octanol–water partition coefficient (Wildman–Crippen LogP) is 2.43. The Hall–Kier alpha value is -3.40. The summed E-state index contributed by atoms with van der Waals surface area (Å²) in [6.07, 6.45) is 4.73. The molecule has 0 unspecified atom stereocenters. The molecule has 9 heteroatoms. The van der Waals surface area contributed by atoms with E-state index in [-0.39, 0.29) is 43.3 Å². The lowest BCUT2D eigenvalue weighted by Gasteiger charge is -2.18. The molecular formula is C20H20N4O4S. The van der Waals surface area contributed by atoms with Crippen molar-refractivity contribution >= 4 is 22.0 Å². The molecule has 0 radical (unpaired) electrons. The first-order chi connectivity index (χ1) is 14.0. The lowest BCUT2D eigenvalue weighted by molar-refractivity contribution is -0.125. The van der Waals surface area contributed by atoms with E-state index in [0.717, 1.165) is 0 Å². The van der Waals surface area contributed by atoms with Gasteiger partial charge in [-0.05, 0) is 35.9 Å². The fraction of sp³-hybridized carbons (Fsp3) is 0.250. The molecule has 0 aliphatic rings. The third kappa shape index (κ3) is 6.92. The first kappa shape index (κ1) is 21.9. The summed E-state index contributed by atoms with van der Waals surface area (Å²) in [5.41, 5.74) is 0.642. The van der Waals surface area contributed by atoms with E-state index >= 15 is 0 Å². The Balaban J connectivity index is 2.00. The zero-order valence-electron chi connectivity index (χ0n) is 15.6. The van der Waals surface area contributed by atoms with Gasteiger partial charge >= 0.3 is 0 Å². The summed E-state index contributed by atoms with van der Waals surface area (Å²) in [7, 11) is -3.69. The molecule has 29 heavy (non-hydrogen) atoms. The molecule has 8 nitrogen and oxygen atoms in total. The zero-order valence-corrected chi connectivity index (χ0v) is 16.4. The molecule has 150 valence electrons. The van der Waals surface area contributed by atoms with Crippen LogP contribution in [-0.4, -0.2) is 32.3 Å². The second-order valence-electron chi connectivity index (χ2n) is 5.95. The number of carbonyl (C=O) groups is 1. The van der Waals surface area contributed by atoms with Gasteiger partial charge in [-0.25, -0.2) is 13.1 Å². The first-order valence-electron chi connectivity index (χ1n) is 8.79. The lowest BCUT2D eigenvalue weighted by Crippen LogP contribution is -2.31. The molecule has 0 saturated heterocycles. The maximum Gasteiger partial charge on any atom is 0.246 e. The van der Waals surface area contributed by atoms with Crippen molar-refractivity contribution in [3.05, 3.63) is 60.1 Å². The molecule has 0 saturated carbocycles. The SMILES string of the molecule is N#CCCN(CCC#N)C(=O)/C=C/c1ccc(S(=O)(=O)NCc2ccco2)cc1. The number of nitrogens with one attached hydrogen (secondary N) is 1. The van der Waals surface area contributed by atoms with Crippen LogP contribution in [0, 0.1) is 22.7 Å². The monoisotopic (exact) mass is 412 g/mol.